The van der Waals surface area contributed by atoms with Crippen molar-refractivity contribution in [3.05, 3.63) is 18.2 Å². The molecule has 0 unspecified atom stereocenters. The van der Waals surface area contributed by atoms with Crippen molar-refractivity contribution in [3.8, 4) is 0 Å². The molecule has 1 rings (SSSR count). The van der Waals surface area contributed by atoms with E-state index in [0.29, 0.717) is 37.9 Å². The molecule has 8 amide bonds. The number of nitrogens with zero attached hydrogens (tertiary/aromatic N) is 3. The van der Waals surface area contributed by atoms with Crippen LogP contribution in [-0.2, 0) is 49.6 Å². The topological polar surface area (TPSA) is 506 Å². The molecule has 0 saturated heterocycles. The Kier molecular flexibility index (Phi) is 28.9. The van der Waals surface area contributed by atoms with Gasteiger partial charge in [-0.3, -0.25) is 48.3 Å². The molecule has 0 spiro atoms. The zero-order valence-corrected chi connectivity index (χ0v) is 38.4. The third-order valence-electron chi connectivity index (χ3n) is 9.75. The normalized spacial score (nSPS) is 13.4. The maximum Gasteiger partial charge on any atom is 0.326 e. The minimum atomic E-state index is -1.38. The Labute approximate surface area is 393 Å². The number of carboxylic acid groups (broad SMARTS) is 1. The van der Waals surface area contributed by atoms with Gasteiger partial charge in [0.05, 0.1) is 26.0 Å². The number of H-pyrrole nitrogens is 1. The van der Waals surface area contributed by atoms with Crippen LogP contribution < -0.4 is 82.7 Å². The predicted molar refractivity (Wildman–Crippen MR) is 248 cm³/mol. The van der Waals surface area contributed by atoms with Gasteiger partial charge in [0.25, 0.3) is 0 Å². The number of aromatic amines is 1. The first-order chi connectivity index (χ1) is 32.3. The number of carbonyl (C=O) groups is 9. The summed E-state index contributed by atoms with van der Waals surface area (Å²) in [5.41, 5.74) is 38.5. The second-order valence-electron chi connectivity index (χ2n) is 15.4. The summed E-state index contributed by atoms with van der Waals surface area (Å²) in [6.45, 7) is 0.643. The minimum Gasteiger partial charge on any atom is -0.480 e. The van der Waals surface area contributed by atoms with E-state index in [0.717, 1.165) is 0 Å². The van der Waals surface area contributed by atoms with E-state index < -0.39 is 103 Å². The van der Waals surface area contributed by atoms with Crippen molar-refractivity contribution in [1.82, 2.24) is 52.5 Å². The summed E-state index contributed by atoms with van der Waals surface area (Å²) >= 11 is 0. The van der Waals surface area contributed by atoms with Crippen LogP contribution in [0, 0.1) is 0 Å². The lowest BCUT2D eigenvalue weighted by molar-refractivity contribution is -0.142. The number of aliphatic carboxylic acids is 1. The fourth-order valence-corrected chi connectivity index (χ4v) is 6.14. The fourth-order valence-electron chi connectivity index (χ4n) is 6.14. The highest BCUT2D eigenvalue weighted by molar-refractivity contribution is 5.97. The van der Waals surface area contributed by atoms with E-state index in [2.05, 4.69) is 62.5 Å². The van der Waals surface area contributed by atoms with Crippen LogP contribution in [-0.4, -0.2) is 162 Å². The molecule has 68 heavy (non-hydrogen) atoms. The first-order valence-corrected chi connectivity index (χ1v) is 22.1. The molecule has 1 aromatic rings. The lowest BCUT2D eigenvalue weighted by atomic mass is 10.0. The highest BCUT2D eigenvalue weighted by Gasteiger charge is 2.32. The minimum absolute atomic E-state index is 0.0496. The first kappa shape index (κ1) is 58.9. The van der Waals surface area contributed by atoms with E-state index in [1.807, 2.05) is 0 Å². The Bertz CT molecular complexity index is 1840. The average molecular weight is 966 g/mol. The van der Waals surface area contributed by atoms with Gasteiger partial charge in [0.1, 0.15) is 36.3 Å². The van der Waals surface area contributed by atoms with Gasteiger partial charge in [-0.2, -0.15) is 0 Å². The molecule has 0 aliphatic heterocycles. The maximum atomic E-state index is 14.0. The number of rotatable bonds is 35. The van der Waals surface area contributed by atoms with Crippen molar-refractivity contribution in [2.24, 2.45) is 50.1 Å². The molecule has 0 aromatic carbocycles. The Morgan fingerprint density at radius 1 is 0.574 bits per heavy atom. The van der Waals surface area contributed by atoms with Gasteiger partial charge in [-0.15, -0.1) is 0 Å². The van der Waals surface area contributed by atoms with Crippen LogP contribution in [0.15, 0.2) is 22.5 Å². The Morgan fingerprint density at radius 3 is 1.54 bits per heavy atom. The number of aliphatic imine (C=N–C) groups is 2. The summed E-state index contributed by atoms with van der Waals surface area (Å²) in [6, 6.07) is -7.59. The van der Waals surface area contributed by atoms with Crippen molar-refractivity contribution in [2.75, 3.05) is 45.8 Å². The summed E-state index contributed by atoms with van der Waals surface area (Å²) in [7, 11) is 0. The zero-order valence-electron chi connectivity index (χ0n) is 38.4. The quantitative estimate of drug-likeness (QED) is 0.0171. The molecule has 29 heteroatoms. The summed E-state index contributed by atoms with van der Waals surface area (Å²) in [5, 5.41) is 29.6. The van der Waals surface area contributed by atoms with Gasteiger partial charge < -0.3 is 92.8 Å². The molecular formula is C39H71N19O10. The van der Waals surface area contributed by atoms with Gasteiger partial charge in [0, 0.05) is 31.4 Å². The number of unbranched alkanes of at least 4 members (excludes halogenated alkanes) is 2. The van der Waals surface area contributed by atoms with Crippen LogP contribution in [0.1, 0.15) is 76.8 Å². The Hall–Kier alpha value is -7.14. The number of carboxylic acids is 1. The average Bonchev–Trinajstić information content (AvgIpc) is 3.81. The van der Waals surface area contributed by atoms with Crippen molar-refractivity contribution < 1.29 is 48.3 Å². The van der Waals surface area contributed by atoms with Crippen LogP contribution in [0.2, 0.25) is 0 Å². The molecule has 6 atom stereocenters. The van der Waals surface area contributed by atoms with Crippen LogP contribution in [0.4, 0.5) is 0 Å². The molecule has 24 N–H and O–H groups in total. The van der Waals surface area contributed by atoms with Gasteiger partial charge in [0.15, 0.2) is 11.9 Å². The van der Waals surface area contributed by atoms with Crippen LogP contribution in [0.3, 0.4) is 0 Å². The number of aromatic nitrogens is 2. The molecule has 1 aromatic heterocycles. The van der Waals surface area contributed by atoms with E-state index in [9.17, 15) is 48.3 Å². The van der Waals surface area contributed by atoms with Gasteiger partial charge in [0.2, 0.25) is 47.3 Å². The van der Waals surface area contributed by atoms with E-state index >= 15 is 0 Å². The number of guanidine groups is 2. The van der Waals surface area contributed by atoms with Gasteiger partial charge >= 0.3 is 5.97 Å². The second-order valence-corrected chi connectivity index (χ2v) is 15.4. The van der Waals surface area contributed by atoms with Crippen LogP contribution in [0.5, 0.6) is 0 Å². The first-order valence-electron chi connectivity index (χ1n) is 22.1. The molecule has 0 aliphatic carbocycles. The summed E-state index contributed by atoms with van der Waals surface area (Å²) in [5.74, 6) is -7.84. The van der Waals surface area contributed by atoms with Crippen molar-refractivity contribution in [2.45, 2.75) is 114 Å². The largest absolute Gasteiger partial charge is 0.480 e. The Balaban J connectivity index is 3.13. The highest BCUT2D eigenvalue weighted by Crippen LogP contribution is 2.08. The van der Waals surface area contributed by atoms with E-state index in [1.54, 1.807) is 0 Å². The molecule has 1 heterocycles. The molecule has 0 saturated carbocycles. The monoisotopic (exact) mass is 966 g/mol. The van der Waals surface area contributed by atoms with Crippen molar-refractivity contribution in [1.29, 1.82) is 0 Å². The molecule has 0 radical (unpaired) electrons. The number of imidazole rings is 1. The number of hydrogen-bond donors (Lipinski definition) is 17. The van der Waals surface area contributed by atoms with Gasteiger partial charge in [-0.1, -0.05) is 0 Å². The summed E-state index contributed by atoms with van der Waals surface area (Å²) in [4.78, 5) is 131. The lowest BCUT2D eigenvalue weighted by Crippen LogP contribution is -2.59. The highest BCUT2D eigenvalue weighted by atomic mass is 16.4. The fraction of sp³-hybridized carbons (Fsp3) is 0.641. The maximum absolute atomic E-state index is 14.0. The van der Waals surface area contributed by atoms with Gasteiger partial charge in [-0.05, 0) is 84.2 Å². The third kappa shape index (κ3) is 25.5. The Morgan fingerprint density at radius 2 is 1.04 bits per heavy atom. The third-order valence-corrected chi connectivity index (χ3v) is 9.75. The predicted octanol–water partition coefficient (Wildman–Crippen LogP) is -7.48. The summed E-state index contributed by atoms with van der Waals surface area (Å²) < 4.78 is 0. The second kappa shape index (κ2) is 33.3. The smallest absolute Gasteiger partial charge is 0.326 e. The van der Waals surface area contributed by atoms with Gasteiger partial charge in [-0.25, -0.2) is 9.78 Å². The molecular weight excluding hydrogens is 895 g/mol. The van der Waals surface area contributed by atoms with E-state index in [-0.39, 0.29) is 83.0 Å². The number of carbonyl (C=O) groups excluding carboxylic acids is 8. The van der Waals surface area contributed by atoms with E-state index in [1.165, 1.54) is 19.4 Å². The standard InChI is InChI=1S/C39H71N19O10/c1-22(53-31(61)20-50-30(60)19-51-33(63)24(8-2-4-12-40)54-29(59)17-42)32(62)55-25(9-3-5-13-41)34(64)56-26(10-6-14-48-38(43)44)35(65)58-28(16-23-18-47-21-52-23)36(66)57-27(37(67)68)11-7-15-49-39(45)46/h18,21-22,24-28H,2-17,19-20,40-42H2,1H3,(H,47,52)(H,50,60)(H,51,63)(H,53,61)(H,54,59)(H,55,62)(H,56,64)(H,57,66)(H,58,65)(H,67,68)(H4,43,44,48)(H4,45,46,49)/t22-,24-,25-,26-,27-,28-/m0/s1. The molecule has 0 aliphatic rings. The van der Waals surface area contributed by atoms with Crippen molar-refractivity contribution >= 4 is 65.1 Å². The number of nitrogens with one attached hydrogen (secondary N) is 9. The number of nitrogens with two attached hydrogens (primary N) is 7. The number of amides is 8. The molecule has 0 fully saturated rings. The van der Waals surface area contributed by atoms with E-state index in [4.69, 9.17) is 40.1 Å². The van der Waals surface area contributed by atoms with Crippen LogP contribution >= 0.6 is 0 Å². The van der Waals surface area contributed by atoms with Crippen LogP contribution in [0.25, 0.3) is 0 Å². The number of hydrogen-bond acceptors (Lipinski definition) is 15. The zero-order chi connectivity index (χ0) is 51.0. The molecule has 0 bridgehead atoms. The summed E-state index contributed by atoms with van der Waals surface area (Å²) in [6.07, 6.45) is 5.05. The molecule has 29 nitrogen and oxygen atoms in total. The van der Waals surface area contributed by atoms with Crippen molar-refractivity contribution in [3.63, 3.8) is 0 Å². The SMILES string of the molecule is C[C@H](NC(=O)CNC(=O)CNC(=O)[C@H](CCCCN)NC(=O)CN)C(=O)N[C@@H](CCCCN)C(=O)N[C@@H](CCCN=C(N)N)C(=O)N[C@@H](Cc1cnc[nH]1)C(=O)N[C@@H](CCCN=C(N)N)C(=O)O. The molecule has 382 valence electrons. The lowest BCUT2D eigenvalue weighted by Gasteiger charge is -2.26.